The molecule has 0 radical (unpaired) electrons. The molecule has 38 heavy (non-hydrogen) atoms. The third-order valence-corrected chi connectivity index (χ3v) is 8.33. The maximum absolute atomic E-state index is 13.9. The Bertz CT molecular complexity index is 1330. The van der Waals surface area contributed by atoms with E-state index < -0.39 is 45.6 Å². The zero-order chi connectivity index (χ0) is 28.0. The smallest absolute Gasteiger partial charge is 0.412 e. The molecule has 2 aromatic rings. The molecule has 3 amide bonds. The van der Waals surface area contributed by atoms with Crippen LogP contribution in [-0.4, -0.2) is 64.7 Å². The summed E-state index contributed by atoms with van der Waals surface area (Å²) in [6, 6.07) is 13.2. The molecule has 0 saturated carbocycles. The third kappa shape index (κ3) is 5.15. The van der Waals surface area contributed by atoms with Gasteiger partial charge in [-0.25, -0.2) is 18.0 Å². The minimum atomic E-state index is -4.27. The highest BCUT2D eigenvalue weighted by Gasteiger charge is 2.57. The standard InChI is InChI=1S/C28H35N3O6S/c1-19-13-15-22(16-14-19)38(34,35)31-20(2)24(29(25(31)32)17-21-11-9-8-10-12-21)23-18-36-28(6,7)30(23)26(33)37-27(3,4)5/h8-16,23-24H,2,17-18H2,1,3-7H3/t23-,24-/m0/s1. The fourth-order valence-electron chi connectivity index (χ4n) is 4.84. The molecule has 0 spiro atoms. The quantitative estimate of drug-likeness (QED) is 0.536. The van der Waals surface area contributed by atoms with Crippen molar-refractivity contribution >= 4 is 22.1 Å². The number of carbonyl (C=O) groups is 2. The Morgan fingerprint density at radius 3 is 2.29 bits per heavy atom. The number of benzene rings is 2. The van der Waals surface area contributed by atoms with Crippen molar-refractivity contribution in [3.63, 3.8) is 0 Å². The Balaban J connectivity index is 1.79. The summed E-state index contributed by atoms with van der Waals surface area (Å²) >= 11 is 0. The summed E-state index contributed by atoms with van der Waals surface area (Å²) in [6.45, 7) is 14.9. The molecule has 9 nitrogen and oxygen atoms in total. The van der Waals surface area contributed by atoms with Crippen LogP contribution in [0.5, 0.6) is 0 Å². The first-order valence-corrected chi connectivity index (χ1v) is 13.9. The van der Waals surface area contributed by atoms with Crippen LogP contribution in [0.25, 0.3) is 0 Å². The molecule has 4 rings (SSSR count). The lowest BCUT2D eigenvalue weighted by atomic mass is 10.0. The predicted molar refractivity (Wildman–Crippen MR) is 142 cm³/mol. The van der Waals surface area contributed by atoms with Crippen molar-refractivity contribution in [1.82, 2.24) is 14.1 Å². The lowest BCUT2D eigenvalue weighted by molar-refractivity contribution is -0.0641. The Morgan fingerprint density at radius 2 is 1.71 bits per heavy atom. The van der Waals surface area contributed by atoms with E-state index in [1.807, 2.05) is 37.3 Å². The van der Waals surface area contributed by atoms with E-state index in [1.165, 1.54) is 21.9 Å². The monoisotopic (exact) mass is 541 g/mol. The van der Waals surface area contributed by atoms with Gasteiger partial charge in [0.15, 0.2) is 0 Å². The topological polar surface area (TPSA) is 96.5 Å². The molecule has 204 valence electrons. The Hall–Kier alpha value is -3.37. The molecular formula is C28H35N3O6S. The van der Waals surface area contributed by atoms with Gasteiger partial charge in [0.25, 0.3) is 10.0 Å². The van der Waals surface area contributed by atoms with Crippen molar-refractivity contribution in [1.29, 1.82) is 0 Å². The van der Waals surface area contributed by atoms with Gasteiger partial charge in [-0.15, -0.1) is 0 Å². The fraction of sp³-hybridized carbons (Fsp3) is 0.429. The Labute approximate surface area is 224 Å². The number of urea groups is 1. The number of carbonyl (C=O) groups excluding carboxylic acids is 2. The van der Waals surface area contributed by atoms with Crippen molar-refractivity contribution in [3.8, 4) is 0 Å². The van der Waals surface area contributed by atoms with Gasteiger partial charge in [0, 0.05) is 6.54 Å². The van der Waals surface area contributed by atoms with Crippen molar-refractivity contribution in [2.24, 2.45) is 0 Å². The summed E-state index contributed by atoms with van der Waals surface area (Å²) in [5.74, 6) is 0. The van der Waals surface area contributed by atoms with Gasteiger partial charge in [0.2, 0.25) is 0 Å². The van der Waals surface area contributed by atoms with Crippen molar-refractivity contribution in [2.75, 3.05) is 6.61 Å². The van der Waals surface area contributed by atoms with E-state index in [9.17, 15) is 18.0 Å². The molecule has 2 aliphatic heterocycles. The number of sulfonamides is 1. The van der Waals surface area contributed by atoms with E-state index in [-0.39, 0.29) is 23.7 Å². The Morgan fingerprint density at radius 1 is 1.11 bits per heavy atom. The summed E-state index contributed by atoms with van der Waals surface area (Å²) in [7, 11) is -4.27. The molecule has 2 fully saturated rings. The van der Waals surface area contributed by atoms with Crippen LogP contribution in [0.3, 0.4) is 0 Å². The number of aryl methyl sites for hydroxylation is 1. The van der Waals surface area contributed by atoms with Crippen LogP contribution in [0, 0.1) is 6.92 Å². The number of nitrogens with zero attached hydrogens (tertiary/aromatic N) is 3. The van der Waals surface area contributed by atoms with Gasteiger partial charge in [-0.2, -0.15) is 4.31 Å². The molecule has 0 aliphatic carbocycles. The minimum absolute atomic E-state index is 0.0232. The maximum atomic E-state index is 13.9. The SMILES string of the molecule is C=C1[C@@H]([C@@H]2COC(C)(C)N2C(=O)OC(C)(C)C)N(Cc2ccccc2)C(=O)N1S(=O)(=O)c1ccc(C)cc1. The highest BCUT2D eigenvalue weighted by molar-refractivity contribution is 7.89. The summed E-state index contributed by atoms with van der Waals surface area (Å²) in [5, 5.41) is 0. The lowest BCUT2D eigenvalue weighted by Gasteiger charge is -2.38. The van der Waals surface area contributed by atoms with Crippen LogP contribution in [0.4, 0.5) is 9.59 Å². The molecule has 0 unspecified atom stereocenters. The van der Waals surface area contributed by atoms with E-state index in [1.54, 1.807) is 46.8 Å². The predicted octanol–water partition coefficient (Wildman–Crippen LogP) is 4.88. The van der Waals surface area contributed by atoms with E-state index in [0.29, 0.717) is 0 Å². The van der Waals surface area contributed by atoms with E-state index in [0.717, 1.165) is 15.4 Å². The van der Waals surface area contributed by atoms with Crippen LogP contribution >= 0.6 is 0 Å². The summed E-state index contributed by atoms with van der Waals surface area (Å²) in [5.41, 5.74) is -0.0928. The van der Waals surface area contributed by atoms with E-state index >= 15 is 0 Å². The largest absolute Gasteiger partial charge is 0.444 e. The zero-order valence-corrected chi connectivity index (χ0v) is 23.5. The summed E-state index contributed by atoms with van der Waals surface area (Å²) in [4.78, 5) is 30.1. The van der Waals surface area contributed by atoms with Crippen LogP contribution < -0.4 is 0 Å². The number of hydrogen-bond acceptors (Lipinski definition) is 6. The molecule has 0 bridgehead atoms. The molecule has 2 heterocycles. The average molecular weight is 542 g/mol. The van der Waals surface area contributed by atoms with Gasteiger partial charge in [-0.05, 0) is 59.2 Å². The van der Waals surface area contributed by atoms with Crippen LogP contribution in [0.15, 0.2) is 71.8 Å². The van der Waals surface area contributed by atoms with Gasteiger partial charge in [-0.3, -0.25) is 4.90 Å². The lowest BCUT2D eigenvalue weighted by Crippen LogP contribution is -2.56. The number of ether oxygens (including phenoxy) is 2. The molecule has 10 heteroatoms. The highest BCUT2D eigenvalue weighted by Crippen LogP contribution is 2.40. The van der Waals surface area contributed by atoms with Gasteiger partial charge in [0.1, 0.15) is 11.3 Å². The normalized spacial score (nSPS) is 21.8. The van der Waals surface area contributed by atoms with E-state index in [4.69, 9.17) is 9.47 Å². The van der Waals surface area contributed by atoms with Gasteiger partial charge < -0.3 is 14.4 Å². The minimum Gasteiger partial charge on any atom is -0.444 e. The van der Waals surface area contributed by atoms with Crippen LogP contribution in [-0.2, 0) is 26.0 Å². The maximum Gasteiger partial charge on any atom is 0.412 e. The number of hydrogen-bond donors (Lipinski definition) is 0. The summed E-state index contributed by atoms with van der Waals surface area (Å²) < 4.78 is 39.9. The molecule has 2 atom stereocenters. The molecule has 2 aliphatic rings. The van der Waals surface area contributed by atoms with Crippen molar-refractivity contribution < 1.29 is 27.5 Å². The van der Waals surface area contributed by atoms with Crippen molar-refractivity contribution in [2.45, 2.75) is 76.4 Å². The van der Waals surface area contributed by atoms with Gasteiger partial charge >= 0.3 is 12.1 Å². The van der Waals surface area contributed by atoms with Gasteiger partial charge in [0.05, 0.1) is 29.3 Å². The molecule has 0 N–H and O–H groups in total. The molecule has 2 aromatic carbocycles. The van der Waals surface area contributed by atoms with Crippen LogP contribution in [0.1, 0.15) is 45.7 Å². The average Bonchev–Trinajstić information content (AvgIpc) is 3.25. The summed E-state index contributed by atoms with van der Waals surface area (Å²) in [6.07, 6.45) is -0.621. The second kappa shape index (κ2) is 9.74. The van der Waals surface area contributed by atoms with E-state index in [2.05, 4.69) is 6.58 Å². The zero-order valence-electron chi connectivity index (χ0n) is 22.7. The Kier molecular flexibility index (Phi) is 7.09. The van der Waals surface area contributed by atoms with Crippen LogP contribution in [0.2, 0.25) is 0 Å². The first-order valence-electron chi connectivity index (χ1n) is 12.4. The fourth-order valence-corrected chi connectivity index (χ4v) is 6.26. The highest BCUT2D eigenvalue weighted by atomic mass is 32.2. The first-order chi connectivity index (χ1) is 17.6. The first kappa shape index (κ1) is 27.7. The van der Waals surface area contributed by atoms with Gasteiger partial charge in [-0.1, -0.05) is 54.6 Å². The second-order valence-electron chi connectivity index (χ2n) is 11.1. The number of rotatable bonds is 5. The second-order valence-corrected chi connectivity index (χ2v) is 12.9. The molecule has 0 aromatic heterocycles. The number of amides is 3. The third-order valence-electron chi connectivity index (χ3n) is 6.59. The molecule has 2 saturated heterocycles. The van der Waals surface area contributed by atoms with Crippen molar-refractivity contribution in [3.05, 3.63) is 78.0 Å². The molecular weight excluding hydrogens is 506 g/mol.